The first kappa shape index (κ1) is 28.0. The van der Waals surface area contributed by atoms with Crippen LogP contribution in [0.25, 0.3) is 33.6 Å². The molecule has 1 N–H and O–H groups in total. The number of amides is 1. The van der Waals surface area contributed by atoms with E-state index in [1.165, 1.54) is 0 Å². The number of hydrogen-bond acceptors (Lipinski definition) is 7. The van der Waals surface area contributed by atoms with Crippen molar-refractivity contribution >= 4 is 5.91 Å². The number of carbonyl (C=O) groups is 1. The second-order valence-corrected chi connectivity index (χ2v) is 11.5. The highest BCUT2D eigenvalue weighted by Crippen LogP contribution is 2.40. The Hall–Kier alpha value is -4.83. The van der Waals surface area contributed by atoms with E-state index in [2.05, 4.69) is 34.7 Å². The number of fused-ring (bicyclic) bond motifs is 3. The average Bonchev–Trinajstić information content (AvgIpc) is 3.64. The second kappa shape index (κ2) is 11.7. The molecule has 4 heterocycles. The van der Waals surface area contributed by atoms with Crippen molar-refractivity contribution in [1.29, 1.82) is 0 Å². The lowest BCUT2D eigenvalue weighted by molar-refractivity contribution is 0.0696. The Kier molecular flexibility index (Phi) is 7.43. The number of carbonyl (C=O) groups excluding carboxylic acids is 1. The first-order valence-corrected chi connectivity index (χ1v) is 15.0. The molecule has 1 aliphatic heterocycles. The van der Waals surface area contributed by atoms with E-state index in [0.29, 0.717) is 36.8 Å². The zero-order valence-electron chi connectivity index (χ0n) is 25.2. The van der Waals surface area contributed by atoms with E-state index in [0.717, 1.165) is 76.1 Å². The molecule has 3 aromatic heterocycles. The van der Waals surface area contributed by atoms with Crippen LogP contribution in [0.2, 0.25) is 0 Å². The van der Waals surface area contributed by atoms with Crippen LogP contribution >= 0.6 is 0 Å². The molecule has 0 radical (unpaired) electrons. The van der Waals surface area contributed by atoms with Crippen molar-refractivity contribution < 1.29 is 14.3 Å². The summed E-state index contributed by atoms with van der Waals surface area (Å²) in [5.41, 5.74) is 9.98. The summed E-state index contributed by atoms with van der Waals surface area (Å²) in [4.78, 5) is 22.8. The molecule has 5 aromatic rings. The highest BCUT2D eigenvalue weighted by Gasteiger charge is 2.27. The third-order valence-corrected chi connectivity index (χ3v) is 8.55. The van der Waals surface area contributed by atoms with Gasteiger partial charge in [-0.25, -0.2) is 9.97 Å². The molecule has 1 amide bonds. The Morgan fingerprint density at radius 2 is 1.82 bits per heavy atom. The lowest BCUT2D eigenvalue weighted by Crippen LogP contribution is -2.38. The molecule has 2 aromatic carbocycles. The number of rotatable bonds is 7. The van der Waals surface area contributed by atoms with Crippen LogP contribution in [0.1, 0.15) is 45.8 Å². The normalized spacial score (nSPS) is 14.6. The summed E-state index contributed by atoms with van der Waals surface area (Å²) in [7, 11) is 5.54. The summed E-state index contributed by atoms with van der Waals surface area (Å²) >= 11 is 0. The lowest BCUT2D eigenvalue weighted by atomic mass is 9.91. The summed E-state index contributed by atoms with van der Waals surface area (Å²) in [6.45, 7) is 1.35. The maximum Gasteiger partial charge on any atom is 0.251 e. The molecule has 0 spiro atoms. The summed E-state index contributed by atoms with van der Waals surface area (Å²) in [6, 6.07) is 14.2. The zero-order chi connectivity index (χ0) is 30.2. The van der Waals surface area contributed by atoms with Crippen LogP contribution in [0, 0.1) is 0 Å². The SMILES string of the molecule is COc1cc(C(=O)NC2CCOCC2)ccc1Cc1ncc2c(n1)-c1c(nn(C)c1-c1ccc(-c3cnn(C)c3)cc1)CC2. The highest BCUT2D eigenvalue weighted by molar-refractivity contribution is 5.95. The van der Waals surface area contributed by atoms with Gasteiger partial charge in [0.2, 0.25) is 0 Å². The molecule has 10 heteroatoms. The van der Waals surface area contributed by atoms with Gasteiger partial charge in [0.15, 0.2) is 0 Å². The van der Waals surface area contributed by atoms with Crippen molar-refractivity contribution in [3.05, 3.63) is 89.3 Å². The van der Waals surface area contributed by atoms with Crippen molar-refractivity contribution in [1.82, 2.24) is 34.8 Å². The molecule has 2 aliphatic rings. The highest BCUT2D eigenvalue weighted by atomic mass is 16.5. The Morgan fingerprint density at radius 3 is 2.57 bits per heavy atom. The fraction of sp³-hybridized carbons (Fsp3) is 0.324. The van der Waals surface area contributed by atoms with E-state index in [9.17, 15) is 4.79 Å². The van der Waals surface area contributed by atoms with Gasteiger partial charge in [0.25, 0.3) is 5.91 Å². The number of methoxy groups -OCH3 is 1. The van der Waals surface area contributed by atoms with Crippen molar-refractivity contribution in [2.24, 2.45) is 14.1 Å². The predicted octanol–water partition coefficient (Wildman–Crippen LogP) is 4.55. The Bertz CT molecular complexity index is 1830. The largest absolute Gasteiger partial charge is 0.496 e. The van der Waals surface area contributed by atoms with Gasteiger partial charge in [0, 0.05) is 80.0 Å². The van der Waals surface area contributed by atoms with E-state index in [1.54, 1.807) is 13.2 Å². The van der Waals surface area contributed by atoms with Gasteiger partial charge in [-0.2, -0.15) is 10.2 Å². The Balaban J connectivity index is 1.17. The van der Waals surface area contributed by atoms with E-state index >= 15 is 0 Å². The minimum Gasteiger partial charge on any atom is -0.496 e. The maximum absolute atomic E-state index is 12.9. The van der Waals surface area contributed by atoms with Crippen LogP contribution in [0.3, 0.4) is 0 Å². The van der Waals surface area contributed by atoms with Gasteiger partial charge in [-0.1, -0.05) is 30.3 Å². The van der Waals surface area contributed by atoms with Crippen LogP contribution in [0.15, 0.2) is 61.1 Å². The fourth-order valence-corrected chi connectivity index (χ4v) is 6.22. The van der Waals surface area contributed by atoms with Gasteiger partial charge in [0.05, 0.1) is 30.4 Å². The Morgan fingerprint density at radius 1 is 1.02 bits per heavy atom. The first-order valence-electron chi connectivity index (χ1n) is 15.0. The standard InChI is InChI=1S/C34H35N7O3/c1-40-20-26(19-36-40)21-4-6-22(7-5-21)33-31-28(39-41(33)2)11-10-25-18-35-30(38-32(25)31)17-23-8-9-24(16-29(23)43-3)34(42)37-27-12-14-44-15-13-27/h4-9,16,18-20,27H,10-15,17H2,1-3H3,(H,37,42). The molecule has 0 unspecified atom stereocenters. The number of nitrogens with one attached hydrogen (secondary N) is 1. The monoisotopic (exact) mass is 589 g/mol. The van der Waals surface area contributed by atoms with Crippen LogP contribution in [0.4, 0.5) is 0 Å². The zero-order valence-corrected chi connectivity index (χ0v) is 25.2. The minimum absolute atomic E-state index is 0.100. The summed E-state index contributed by atoms with van der Waals surface area (Å²) in [5.74, 6) is 1.23. The van der Waals surface area contributed by atoms with Crippen molar-refractivity contribution in [2.75, 3.05) is 20.3 Å². The fourth-order valence-electron chi connectivity index (χ4n) is 6.22. The third kappa shape index (κ3) is 5.37. The number of benzene rings is 2. The number of ether oxygens (including phenoxy) is 2. The van der Waals surface area contributed by atoms with E-state index in [4.69, 9.17) is 24.5 Å². The molecule has 0 saturated carbocycles. The van der Waals surface area contributed by atoms with Crippen LogP contribution in [0.5, 0.6) is 5.75 Å². The first-order chi connectivity index (χ1) is 21.5. The third-order valence-electron chi connectivity index (χ3n) is 8.55. The van der Waals surface area contributed by atoms with Crippen molar-refractivity contribution in [3.8, 4) is 39.4 Å². The Labute approximate surface area is 256 Å². The minimum atomic E-state index is -0.100. The van der Waals surface area contributed by atoms with Crippen molar-refractivity contribution in [2.45, 2.75) is 38.1 Å². The summed E-state index contributed by atoms with van der Waals surface area (Å²) < 4.78 is 14.9. The van der Waals surface area contributed by atoms with Crippen LogP contribution < -0.4 is 10.1 Å². The van der Waals surface area contributed by atoms with Gasteiger partial charge in [-0.3, -0.25) is 14.2 Å². The molecule has 1 saturated heterocycles. The van der Waals surface area contributed by atoms with Crippen molar-refractivity contribution in [3.63, 3.8) is 0 Å². The van der Waals surface area contributed by atoms with Gasteiger partial charge < -0.3 is 14.8 Å². The molecule has 1 fully saturated rings. The topological polar surface area (TPSA) is 109 Å². The smallest absolute Gasteiger partial charge is 0.251 e. The number of aryl methyl sites for hydroxylation is 4. The maximum atomic E-state index is 12.9. The molecular formula is C34H35N7O3. The van der Waals surface area contributed by atoms with Gasteiger partial charge in [-0.05, 0) is 48.9 Å². The van der Waals surface area contributed by atoms with E-state index in [-0.39, 0.29) is 11.9 Å². The quantitative estimate of drug-likeness (QED) is 0.297. The van der Waals surface area contributed by atoms with Gasteiger partial charge in [0.1, 0.15) is 11.6 Å². The number of nitrogens with zero attached hydrogens (tertiary/aromatic N) is 6. The molecular weight excluding hydrogens is 554 g/mol. The second-order valence-electron chi connectivity index (χ2n) is 11.5. The van der Waals surface area contributed by atoms with Crippen LogP contribution in [-0.2, 0) is 38.1 Å². The number of aromatic nitrogens is 6. The number of hydrogen-bond donors (Lipinski definition) is 1. The lowest BCUT2D eigenvalue weighted by Gasteiger charge is -2.23. The molecule has 1 aliphatic carbocycles. The predicted molar refractivity (Wildman–Crippen MR) is 166 cm³/mol. The molecule has 224 valence electrons. The molecule has 44 heavy (non-hydrogen) atoms. The van der Waals surface area contributed by atoms with Crippen LogP contribution in [-0.4, -0.2) is 61.8 Å². The molecule has 7 rings (SSSR count). The molecule has 0 bridgehead atoms. The molecule has 0 atom stereocenters. The molecule has 10 nitrogen and oxygen atoms in total. The average molecular weight is 590 g/mol. The van der Waals surface area contributed by atoms with E-state index in [1.807, 2.05) is 54.2 Å². The summed E-state index contributed by atoms with van der Waals surface area (Å²) in [5, 5.41) is 12.3. The van der Waals surface area contributed by atoms with Gasteiger partial charge in [-0.15, -0.1) is 0 Å². The van der Waals surface area contributed by atoms with Gasteiger partial charge >= 0.3 is 0 Å². The van der Waals surface area contributed by atoms with E-state index < -0.39 is 0 Å². The summed E-state index contributed by atoms with van der Waals surface area (Å²) in [6.07, 6.45) is 9.66.